The Morgan fingerprint density at radius 2 is 1.50 bits per heavy atom. The standard InChI is InChI=1S/C5H11NO10P2/c1-5(6,4(8)16-18(12,13)14)2-3(7)15-17(9,10)11/h2,6H2,1H3,(H2,9,10,11)(H2,12,13,14). The molecule has 18 heavy (non-hydrogen) atoms. The quantitative estimate of drug-likeness (QED) is 0.366. The summed E-state index contributed by atoms with van der Waals surface area (Å²) in [5.41, 5.74) is 3.00. The van der Waals surface area contributed by atoms with Crippen molar-refractivity contribution in [1.29, 1.82) is 0 Å². The molecule has 1 atom stereocenters. The molecular weight excluding hydrogens is 296 g/mol. The first-order chi connectivity index (χ1) is 7.73. The van der Waals surface area contributed by atoms with Crippen LogP contribution in [0.15, 0.2) is 0 Å². The number of phosphoric ester groups is 2. The molecule has 0 aromatic carbocycles. The maximum Gasteiger partial charge on any atom is 0.527 e. The van der Waals surface area contributed by atoms with Crippen molar-refractivity contribution < 1.29 is 47.3 Å². The average molecular weight is 307 g/mol. The molecule has 0 spiro atoms. The fraction of sp³-hybridized carbons (Fsp3) is 0.600. The Labute approximate surface area is 100 Å². The summed E-state index contributed by atoms with van der Waals surface area (Å²) in [6.07, 6.45) is -1.04. The summed E-state index contributed by atoms with van der Waals surface area (Å²) in [6, 6.07) is 0. The lowest BCUT2D eigenvalue weighted by Gasteiger charge is -2.21. The highest BCUT2D eigenvalue weighted by atomic mass is 31.2. The third kappa shape index (κ3) is 7.51. The van der Waals surface area contributed by atoms with Gasteiger partial charge in [0.15, 0.2) is 0 Å². The first-order valence-corrected chi connectivity index (χ1v) is 7.15. The van der Waals surface area contributed by atoms with Gasteiger partial charge in [0.05, 0.1) is 6.42 Å². The van der Waals surface area contributed by atoms with E-state index in [2.05, 4.69) is 9.05 Å². The molecule has 0 amide bonds. The third-order valence-corrected chi connectivity index (χ3v) is 2.25. The third-order valence-electron chi connectivity index (χ3n) is 1.40. The number of hydrogen-bond donors (Lipinski definition) is 5. The summed E-state index contributed by atoms with van der Waals surface area (Å²) in [4.78, 5) is 55.4. The SMILES string of the molecule is CC(N)(CC(=O)OP(=O)(O)O)C(=O)OP(=O)(O)O. The zero-order valence-corrected chi connectivity index (χ0v) is 10.7. The van der Waals surface area contributed by atoms with E-state index in [4.69, 9.17) is 25.3 Å². The lowest BCUT2D eigenvalue weighted by molar-refractivity contribution is -0.147. The summed E-state index contributed by atoms with van der Waals surface area (Å²) < 4.78 is 27.9. The van der Waals surface area contributed by atoms with Crippen LogP contribution in [0.1, 0.15) is 13.3 Å². The van der Waals surface area contributed by atoms with Crippen LogP contribution in [0.25, 0.3) is 0 Å². The van der Waals surface area contributed by atoms with E-state index in [0.717, 1.165) is 6.92 Å². The Morgan fingerprint density at radius 1 is 1.11 bits per heavy atom. The minimum atomic E-state index is -5.14. The van der Waals surface area contributed by atoms with Gasteiger partial charge in [0, 0.05) is 0 Å². The lowest BCUT2D eigenvalue weighted by Crippen LogP contribution is -2.47. The van der Waals surface area contributed by atoms with Gasteiger partial charge in [0.2, 0.25) is 0 Å². The van der Waals surface area contributed by atoms with Crippen LogP contribution in [0, 0.1) is 0 Å². The summed E-state index contributed by atoms with van der Waals surface area (Å²) in [7, 11) is -10.2. The second kappa shape index (κ2) is 5.45. The van der Waals surface area contributed by atoms with Crippen molar-refractivity contribution in [2.24, 2.45) is 5.73 Å². The molecule has 13 heteroatoms. The minimum Gasteiger partial charge on any atom is -0.371 e. The van der Waals surface area contributed by atoms with E-state index < -0.39 is 39.5 Å². The Kier molecular flexibility index (Phi) is 5.21. The van der Waals surface area contributed by atoms with Crippen LogP contribution in [0.5, 0.6) is 0 Å². The molecule has 0 aliphatic rings. The number of hydrogen-bond acceptors (Lipinski definition) is 7. The summed E-state index contributed by atoms with van der Waals surface area (Å²) >= 11 is 0. The largest absolute Gasteiger partial charge is 0.527 e. The molecule has 0 aromatic rings. The number of carbonyl (C=O) groups excluding carboxylic acids is 2. The van der Waals surface area contributed by atoms with E-state index in [9.17, 15) is 18.7 Å². The van der Waals surface area contributed by atoms with Crippen molar-refractivity contribution in [3.63, 3.8) is 0 Å². The maximum absolute atomic E-state index is 11.1. The Bertz CT molecular complexity index is 432. The predicted octanol–water partition coefficient (Wildman–Crippen LogP) is -1.63. The summed E-state index contributed by atoms with van der Waals surface area (Å²) in [5.74, 6) is -3.16. The van der Waals surface area contributed by atoms with Gasteiger partial charge in [-0.05, 0) is 6.92 Å². The smallest absolute Gasteiger partial charge is 0.371 e. The second-order valence-corrected chi connectivity index (χ2v) is 5.74. The van der Waals surface area contributed by atoms with Gasteiger partial charge in [0.25, 0.3) is 0 Å². The van der Waals surface area contributed by atoms with Crippen LogP contribution >= 0.6 is 15.6 Å². The van der Waals surface area contributed by atoms with Crippen molar-refractivity contribution in [1.82, 2.24) is 0 Å². The molecule has 11 nitrogen and oxygen atoms in total. The van der Waals surface area contributed by atoms with Gasteiger partial charge in [-0.25, -0.2) is 13.9 Å². The lowest BCUT2D eigenvalue weighted by atomic mass is 10.0. The van der Waals surface area contributed by atoms with E-state index in [1.165, 1.54) is 0 Å². The molecular formula is C5H11NO10P2. The van der Waals surface area contributed by atoms with E-state index in [1.54, 1.807) is 0 Å². The molecule has 0 aliphatic carbocycles. The van der Waals surface area contributed by atoms with Crippen molar-refractivity contribution in [3.8, 4) is 0 Å². The monoisotopic (exact) mass is 307 g/mol. The molecule has 0 heterocycles. The highest BCUT2D eigenvalue weighted by molar-refractivity contribution is 7.47. The van der Waals surface area contributed by atoms with Gasteiger partial charge in [-0.15, -0.1) is 0 Å². The number of nitrogens with two attached hydrogens (primary N) is 1. The zero-order chi connectivity index (χ0) is 14.8. The first-order valence-electron chi connectivity index (χ1n) is 4.09. The van der Waals surface area contributed by atoms with E-state index in [1.807, 2.05) is 0 Å². The van der Waals surface area contributed by atoms with Crippen LogP contribution in [0.3, 0.4) is 0 Å². The van der Waals surface area contributed by atoms with Crippen LogP contribution in [-0.4, -0.2) is 37.1 Å². The molecule has 1 unspecified atom stereocenters. The Hall–Kier alpha value is -0.800. The molecule has 0 aliphatic heterocycles. The molecule has 0 rings (SSSR count). The van der Waals surface area contributed by atoms with Gasteiger partial charge in [0.1, 0.15) is 5.54 Å². The number of phosphoric acid groups is 2. The van der Waals surface area contributed by atoms with Crippen LogP contribution in [0.4, 0.5) is 0 Å². The van der Waals surface area contributed by atoms with E-state index >= 15 is 0 Å². The van der Waals surface area contributed by atoms with Crippen LogP contribution in [-0.2, 0) is 27.8 Å². The van der Waals surface area contributed by atoms with Crippen molar-refractivity contribution in [3.05, 3.63) is 0 Å². The fourth-order valence-corrected chi connectivity index (χ4v) is 1.50. The highest BCUT2D eigenvalue weighted by Crippen LogP contribution is 2.39. The van der Waals surface area contributed by atoms with Gasteiger partial charge in [-0.2, -0.15) is 0 Å². The van der Waals surface area contributed by atoms with Crippen molar-refractivity contribution in [2.45, 2.75) is 18.9 Å². The molecule has 0 aromatic heterocycles. The zero-order valence-electron chi connectivity index (χ0n) is 8.92. The molecule has 0 bridgehead atoms. The predicted molar refractivity (Wildman–Crippen MR) is 53.5 cm³/mol. The van der Waals surface area contributed by atoms with Gasteiger partial charge >= 0.3 is 27.6 Å². The van der Waals surface area contributed by atoms with Crippen molar-refractivity contribution in [2.75, 3.05) is 0 Å². The topological polar surface area (TPSA) is 194 Å². The second-order valence-electron chi connectivity index (χ2n) is 3.42. The molecule has 0 fully saturated rings. The maximum atomic E-state index is 11.1. The van der Waals surface area contributed by atoms with Crippen molar-refractivity contribution >= 4 is 27.6 Å². The molecule has 0 radical (unpaired) electrons. The first kappa shape index (κ1) is 17.2. The van der Waals surface area contributed by atoms with Crippen LogP contribution in [0.2, 0.25) is 0 Å². The van der Waals surface area contributed by atoms with Gasteiger partial charge in [-0.3, -0.25) is 24.4 Å². The van der Waals surface area contributed by atoms with Gasteiger partial charge < -0.3 is 14.8 Å². The van der Waals surface area contributed by atoms with Crippen LogP contribution < -0.4 is 5.73 Å². The summed E-state index contributed by atoms with van der Waals surface area (Å²) in [6.45, 7) is 0.867. The van der Waals surface area contributed by atoms with Gasteiger partial charge in [-0.1, -0.05) is 0 Å². The summed E-state index contributed by atoms with van der Waals surface area (Å²) in [5, 5.41) is 0. The average Bonchev–Trinajstić information content (AvgIpc) is 1.94. The number of rotatable bonds is 5. The fourth-order valence-electron chi connectivity index (χ4n) is 0.749. The molecule has 106 valence electrons. The van der Waals surface area contributed by atoms with E-state index in [-0.39, 0.29) is 0 Å². The molecule has 0 saturated heterocycles. The van der Waals surface area contributed by atoms with E-state index in [0.29, 0.717) is 0 Å². The number of carbonyl (C=O) groups is 2. The Morgan fingerprint density at radius 3 is 1.83 bits per heavy atom. The Balaban J connectivity index is 4.66. The molecule has 6 N–H and O–H groups in total. The normalized spacial score (nSPS) is 15.7. The highest BCUT2D eigenvalue weighted by Gasteiger charge is 2.39. The molecule has 0 saturated carbocycles. The minimum absolute atomic E-state index is 0.867.